The van der Waals surface area contributed by atoms with Crippen molar-refractivity contribution < 1.29 is 49.1 Å². The number of nitrogens with two attached hydrogens (primary N) is 1. The summed E-state index contributed by atoms with van der Waals surface area (Å²) in [6.07, 6.45) is -10.6. The van der Waals surface area contributed by atoms with Crippen molar-refractivity contribution in [1.82, 2.24) is 34.1 Å². The van der Waals surface area contributed by atoms with Gasteiger partial charge in [0, 0.05) is 44.7 Å². The fourth-order valence-corrected chi connectivity index (χ4v) is 5.08. The molecule has 43 heavy (non-hydrogen) atoms. The highest BCUT2D eigenvalue weighted by Gasteiger charge is 2.45. The number of halogens is 9. The minimum atomic E-state index is -5.08. The first-order valence-electron chi connectivity index (χ1n) is 12.7. The highest BCUT2D eigenvalue weighted by atomic mass is 19.4. The lowest BCUT2D eigenvalue weighted by molar-refractivity contribution is -0.148. The minimum Gasteiger partial charge on any atom is -0.333 e. The maximum atomic E-state index is 14.0. The molecule has 0 saturated heterocycles. The number of carbonyl (C=O) groups excluding carboxylic acids is 2. The Morgan fingerprint density at radius 1 is 0.814 bits per heavy atom. The molecular formula is C24H21F9N8O2. The smallest absolute Gasteiger partial charge is 0.333 e. The van der Waals surface area contributed by atoms with Crippen LogP contribution in [0.1, 0.15) is 45.6 Å². The van der Waals surface area contributed by atoms with Crippen LogP contribution in [0.3, 0.4) is 0 Å². The Bertz CT molecular complexity index is 1580. The van der Waals surface area contributed by atoms with E-state index in [0.717, 1.165) is 18.9 Å². The first-order chi connectivity index (χ1) is 20.0. The van der Waals surface area contributed by atoms with Crippen LogP contribution in [0.2, 0.25) is 0 Å². The molecule has 0 fully saturated rings. The van der Waals surface area contributed by atoms with Crippen molar-refractivity contribution in [2.75, 3.05) is 13.1 Å². The van der Waals surface area contributed by atoms with Crippen LogP contribution in [0.15, 0.2) is 12.1 Å². The molecule has 2 N–H and O–H groups in total. The Morgan fingerprint density at radius 3 is 2.12 bits per heavy atom. The van der Waals surface area contributed by atoms with Gasteiger partial charge in [0.25, 0.3) is 5.91 Å². The summed E-state index contributed by atoms with van der Waals surface area (Å²) in [6, 6.07) is -0.0868. The topological polar surface area (TPSA) is 115 Å². The number of carbonyl (C=O) groups is 2. The van der Waals surface area contributed by atoms with E-state index in [4.69, 9.17) is 5.73 Å². The molecule has 2 aromatic heterocycles. The molecule has 0 radical (unpaired) electrons. The number of hydrogen-bond donors (Lipinski definition) is 1. The third-order valence-corrected chi connectivity index (χ3v) is 7.10. The van der Waals surface area contributed by atoms with Gasteiger partial charge in [0.1, 0.15) is 17.3 Å². The van der Waals surface area contributed by atoms with Crippen molar-refractivity contribution >= 4 is 11.8 Å². The maximum Gasteiger partial charge on any atom is 0.451 e. The van der Waals surface area contributed by atoms with Crippen molar-refractivity contribution in [2.24, 2.45) is 5.73 Å². The molecule has 4 heterocycles. The van der Waals surface area contributed by atoms with Gasteiger partial charge in [-0.25, -0.2) is 18.2 Å². The van der Waals surface area contributed by atoms with E-state index in [9.17, 15) is 49.1 Å². The van der Waals surface area contributed by atoms with Gasteiger partial charge in [-0.05, 0) is 18.1 Å². The van der Waals surface area contributed by atoms with Crippen molar-refractivity contribution in [1.29, 1.82) is 0 Å². The number of aromatic nitrogens is 5. The van der Waals surface area contributed by atoms with E-state index in [1.165, 1.54) is 0 Å². The Balaban J connectivity index is 1.32. The summed E-state index contributed by atoms with van der Waals surface area (Å²) in [4.78, 5) is 31.8. The van der Waals surface area contributed by atoms with E-state index < -0.39 is 90.9 Å². The summed E-state index contributed by atoms with van der Waals surface area (Å²) >= 11 is 0. The molecule has 0 spiro atoms. The van der Waals surface area contributed by atoms with Crippen LogP contribution in [0.4, 0.5) is 39.5 Å². The SMILES string of the molecule is N[C@H](CC(=O)N1CCn2c(nc(C(F)(F)F)c2C(=O)N2CCn3c(nnc3C(F)(F)F)C2)C1)Cc1cc(F)c(F)cc1F. The number of imidazole rings is 1. The Kier molecular flexibility index (Phi) is 7.64. The predicted octanol–water partition coefficient (Wildman–Crippen LogP) is 2.89. The quantitative estimate of drug-likeness (QED) is 0.345. The largest absolute Gasteiger partial charge is 0.451 e. The Hall–Kier alpha value is -4.16. The summed E-state index contributed by atoms with van der Waals surface area (Å²) in [5.41, 5.74) is 3.29. The lowest BCUT2D eigenvalue weighted by Crippen LogP contribution is -2.43. The molecule has 0 bridgehead atoms. The van der Waals surface area contributed by atoms with E-state index in [2.05, 4.69) is 15.2 Å². The number of hydrogen-bond acceptors (Lipinski definition) is 6. The number of benzene rings is 1. The second kappa shape index (κ2) is 10.8. The second-order valence-electron chi connectivity index (χ2n) is 10.0. The Labute approximate surface area is 235 Å². The fourth-order valence-electron chi connectivity index (χ4n) is 5.08. The van der Waals surface area contributed by atoms with Gasteiger partial charge in [-0.15, -0.1) is 10.2 Å². The molecule has 0 unspecified atom stereocenters. The van der Waals surface area contributed by atoms with E-state index in [1.807, 2.05) is 0 Å². The minimum absolute atomic E-state index is 0.157. The summed E-state index contributed by atoms with van der Waals surface area (Å²) in [7, 11) is 0. The molecular weight excluding hydrogens is 603 g/mol. The van der Waals surface area contributed by atoms with Gasteiger partial charge in [-0.1, -0.05) is 0 Å². The van der Waals surface area contributed by atoms with Crippen LogP contribution in [0, 0.1) is 17.5 Å². The molecule has 5 rings (SSSR count). The first-order valence-corrected chi connectivity index (χ1v) is 12.7. The average molecular weight is 624 g/mol. The van der Waals surface area contributed by atoms with Crippen molar-refractivity contribution in [3.63, 3.8) is 0 Å². The van der Waals surface area contributed by atoms with E-state index in [0.29, 0.717) is 12.1 Å². The normalized spacial score (nSPS) is 16.2. The third kappa shape index (κ3) is 5.89. The lowest BCUT2D eigenvalue weighted by Gasteiger charge is -2.31. The highest BCUT2D eigenvalue weighted by Crippen LogP contribution is 2.35. The van der Waals surface area contributed by atoms with Gasteiger partial charge >= 0.3 is 12.4 Å². The Morgan fingerprint density at radius 2 is 1.44 bits per heavy atom. The molecule has 0 saturated carbocycles. The summed E-state index contributed by atoms with van der Waals surface area (Å²) in [5, 5.41) is 6.52. The van der Waals surface area contributed by atoms with E-state index >= 15 is 0 Å². The third-order valence-electron chi connectivity index (χ3n) is 7.10. The zero-order valence-electron chi connectivity index (χ0n) is 21.8. The van der Waals surface area contributed by atoms with Gasteiger partial charge in [-0.3, -0.25) is 9.59 Å². The van der Waals surface area contributed by atoms with Crippen LogP contribution in [-0.4, -0.2) is 65.1 Å². The monoisotopic (exact) mass is 624 g/mol. The molecule has 232 valence electrons. The van der Waals surface area contributed by atoms with Crippen molar-refractivity contribution in [3.8, 4) is 0 Å². The summed E-state index contributed by atoms with van der Waals surface area (Å²) < 4.78 is 124. The molecule has 2 aliphatic heterocycles. The summed E-state index contributed by atoms with van der Waals surface area (Å²) in [5.74, 6) is -7.34. The standard InChI is InChI=1S/C24H21F9N8O2/c25-13-8-15(27)14(26)6-11(13)5-12(34)7-18(42)38-1-3-40-16(9-38)35-20(23(28,29)30)19(40)21(43)39-2-4-41-17(10-39)36-37-22(41)24(31,32)33/h6,8,12H,1-5,7,9-10,34H2/t12-/m0/s1. The van der Waals surface area contributed by atoms with Gasteiger partial charge < -0.3 is 24.7 Å². The van der Waals surface area contributed by atoms with Gasteiger partial charge in [0.2, 0.25) is 11.7 Å². The molecule has 19 heteroatoms. The van der Waals surface area contributed by atoms with Crippen molar-refractivity contribution in [3.05, 3.63) is 64.0 Å². The molecule has 1 aromatic carbocycles. The molecule has 3 aromatic rings. The molecule has 2 amide bonds. The van der Waals surface area contributed by atoms with Gasteiger partial charge in [-0.2, -0.15) is 26.3 Å². The van der Waals surface area contributed by atoms with Crippen LogP contribution < -0.4 is 5.73 Å². The van der Waals surface area contributed by atoms with Crippen LogP contribution in [0.25, 0.3) is 0 Å². The molecule has 1 atom stereocenters. The average Bonchev–Trinajstić information content (AvgIpc) is 3.52. The molecule has 10 nitrogen and oxygen atoms in total. The number of rotatable bonds is 5. The molecule has 0 aliphatic carbocycles. The second-order valence-corrected chi connectivity index (χ2v) is 10.0. The fraction of sp³-hybridized carbons (Fsp3) is 0.458. The zero-order valence-corrected chi connectivity index (χ0v) is 21.8. The highest BCUT2D eigenvalue weighted by molar-refractivity contribution is 5.94. The lowest BCUT2D eigenvalue weighted by atomic mass is 10.0. The van der Waals surface area contributed by atoms with Crippen molar-refractivity contribution in [2.45, 2.75) is 57.4 Å². The van der Waals surface area contributed by atoms with Crippen LogP contribution >= 0.6 is 0 Å². The number of amides is 2. The number of nitrogens with zero attached hydrogens (tertiary/aromatic N) is 7. The zero-order chi connectivity index (χ0) is 31.4. The number of fused-ring (bicyclic) bond motifs is 2. The van der Waals surface area contributed by atoms with E-state index in [1.54, 1.807) is 0 Å². The predicted molar refractivity (Wildman–Crippen MR) is 125 cm³/mol. The van der Waals surface area contributed by atoms with Gasteiger partial charge in [0.05, 0.1) is 13.1 Å². The molecule has 2 aliphatic rings. The summed E-state index contributed by atoms with van der Waals surface area (Å²) in [6.45, 7) is -2.16. The first kappa shape index (κ1) is 30.3. The van der Waals surface area contributed by atoms with Gasteiger partial charge in [0.15, 0.2) is 23.2 Å². The number of alkyl halides is 6. The van der Waals surface area contributed by atoms with Crippen LogP contribution in [0.5, 0.6) is 0 Å². The van der Waals surface area contributed by atoms with E-state index in [-0.39, 0.29) is 43.3 Å². The maximum absolute atomic E-state index is 14.0. The van der Waals surface area contributed by atoms with Crippen LogP contribution in [-0.2, 0) is 49.7 Å².